The molecule has 1 unspecified atom stereocenters. The van der Waals surface area contributed by atoms with Crippen molar-refractivity contribution in [2.45, 2.75) is 57.0 Å². The Kier molecular flexibility index (Phi) is 8.92. The highest BCUT2D eigenvalue weighted by molar-refractivity contribution is 7.93. The van der Waals surface area contributed by atoms with Gasteiger partial charge in [0, 0.05) is 37.9 Å². The summed E-state index contributed by atoms with van der Waals surface area (Å²) >= 11 is 0. The van der Waals surface area contributed by atoms with E-state index in [1.54, 1.807) is 17.0 Å². The van der Waals surface area contributed by atoms with E-state index in [1.807, 2.05) is 92.7 Å². The minimum Gasteiger partial charge on any atom is -0.354 e. The molecule has 0 bridgehead atoms. The van der Waals surface area contributed by atoms with Crippen LogP contribution in [0, 0.1) is 6.92 Å². The maximum absolute atomic E-state index is 14.0. The van der Waals surface area contributed by atoms with Gasteiger partial charge < -0.3 is 10.2 Å². The Morgan fingerprint density at radius 1 is 0.905 bits per heavy atom. The van der Waals surface area contributed by atoms with Crippen LogP contribution in [0.4, 0.5) is 5.69 Å². The lowest BCUT2D eigenvalue weighted by Crippen LogP contribution is -2.50. The minimum atomic E-state index is -3.71. The van der Waals surface area contributed by atoms with Gasteiger partial charge in [-0.25, -0.2) is 8.42 Å². The zero-order valence-electron chi connectivity index (χ0n) is 24.1. The fourth-order valence-corrected chi connectivity index (χ4v) is 7.36. The second-order valence-electron chi connectivity index (χ2n) is 10.8. The molecule has 1 N–H and O–H groups in total. The predicted molar refractivity (Wildman–Crippen MR) is 167 cm³/mol. The summed E-state index contributed by atoms with van der Waals surface area (Å²) in [6, 6.07) is 27.8. The zero-order chi connectivity index (χ0) is 29.7. The zero-order valence-corrected chi connectivity index (χ0v) is 24.9. The summed E-state index contributed by atoms with van der Waals surface area (Å²) in [6.45, 7) is 4.97. The van der Waals surface area contributed by atoms with Crippen LogP contribution >= 0.6 is 0 Å². The van der Waals surface area contributed by atoms with Crippen molar-refractivity contribution in [3.8, 4) is 0 Å². The van der Waals surface area contributed by atoms with Gasteiger partial charge in [0.05, 0.1) is 10.6 Å². The number of sulfonamides is 1. The second kappa shape index (κ2) is 12.8. The number of nitrogens with one attached hydrogen (secondary N) is 1. The van der Waals surface area contributed by atoms with E-state index in [9.17, 15) is 18.0 Å². The molecule has 0 saturated carbocycles. The molecule has 8 heteroatoms. The van der Waals surface area contributed by atoms with E-state index in [4.69, 9.17) is 0 Å². The van der Waals surface area contributed by atoms with E-state index in [1.165, 1.54) is 4.31 Å². The lowest BCUT2D eigenvalue weighted by molar-refractivity contribution is -0.141. The van der Waals surface area contributed by atoms with Crippen LogP contribution in [-0.2, 0) is 32.6 Å². The predicted octanol–water partition coefficient (Wildman–Crippen LogP) is 5.60. The van der Waals surface area contributed by atoms with Gasteiger partial charge in [-0.1, -0.05) is 85.8 Å². The fourth-order valence-electron chi connectivity index (χ4n) is 5.61. The van der Waals surface area contributed by atoms with Crippen LogP contribution in [0.1, 0.15) is 42.9 Å². The number of aryl methyl sites for hydroxylation is 1. The number of carbonyl (C=O) groups excluding carboxylic acids is 2. The molecule has 1 atom stereocenters. The van der Waals surface area contributed by atoms with Gasteiger partial charge in [0.2, 0.25) is 11.8 Å². The van der Waals surface area contributed by atoms with Crippen molar-refractivity contribution in [3.63, 3.8) is 0 Å². The number of carbonyl (C=O) groups is 2. The summed E-state index contributed by atoms with van der Waals surface area (Å²) in [6.07, 6.45) is 1.60. The molecule has 42 heavy (non-hydrogen) atoms. The largest absolute Gasteiger partial charge is 0.354 e. The number of nitrogens with zero attached hydrogens (tertiary/aromatic N) is 2. The number of anilines is 1. The van der Waals surface area contributed by atoms with Crippen molar-refractivity contribution >= 4 is 38.3 Å². The number of rotatable bonds is 12. The Hall–Kier alpha value is -4.17. The van der Waals surface area contributed by atoms with E-state index in [0.717, 1.165) is 33.9 Å². The number of hydrogen-bond acceptors (Lipinski definition) is 4. The van der Waals surface area contributed by atoms with Gasteiger partial charge >= 0.3 is 0 Å². The molecule has 1 aliphatic heterocycles. The second-order valence-corrected chi connectivity index (χ2v) is 12.6. The highest BCUT2D eigenvalue weighted by Gasteiger charge is 2.36. The number of benzene rings is 4. The third kappa shape index (κ3) is 6.04. The SMILES string of the molecule is CCCNC(=O)C(Cc1ccccc1)N(Cc1ccccc1C)C(=O)CCCN1c2cccc3cccc(c23)S1(=O)=O. The third-order valence-electron chi connectivity index (χ3n) is 7.86. The molecular weight excluding hydrogens is 546 g/mol. The summed E-state index contributed by atoms with van der Waals surface area (Å²) in [5.41, 5.74) is 3.62. The average Bonchev–Trinajstić information content (AvgIpc) is 3.22. The molecule has 7 nitrogen and oxygen atoms in total. The Labute approximate surface area is 248 Å². The molecule has 0 fully saturated rings. The third-order valence-corrected chi connectivity index (χ3v) is 9.71. The number of amides is 2. The maximum atomic E-state index is 14.0. The topological polar surface area (TPSA) is 86.8 Å². The average molecular weight is 584 g/mol. The van der Waals surface area contributed by atoms with E-state index < -0.39 is 16.1 Å². The van der Waals surface area contributed by atoms with Gasteiger partial charge in [0.1, 0.15) is 6.04 Å². The summed E-state index contributed by atoms with van der Waals surface area (Å²) in [7, 11) is -3.71. The first kappa shape index (κ1) is 29.3. The number of hydrogen-bond donors (Lipinski definition) is 1. The van der Waals surface area contributed by atoms with Gasteiger partial charge in [-0.05, 0) is 54.0 Å². The Morgan fingerprint density at radius 2 is 1.62 bits per heavy atom. The van der Waals surface area contributed by atoms with E-state index in [0.29, 0.717) is 30.0 Å². The van der Waals surface area contributed by atoms with Gasteiger partial charge in [-0.3, -0.25) is 13.9 Å². The first-order valence-corrected chi connectivity index (χ1v) is 16.0. The smallest absolute Gasteiger partial charge is 0.265 e. The van der Waals surface area contributed by atoms with Crippen molar-refractivity contribution in [2.75, 3.05) is 17.4 Å². The minimum absolute atomic E-state index is 0.108. The molecule has 4 aromatic rings. The van der Waals surface area contributed by atoms with Crippen molar-refractivity contribution in [3.05, 3.63) is 108 Å². The normalized spacial score (nSPS) is 14.1. The fraction of sp³-hybridized carbons (Fsp3) is 0.294. The van der Waals surface area contributed by atoms with Crippen LogP contribution in [0.3, 0.4) is 0 Å². The summed E-state index contributed by atoms with van der Waals surface area (Å²) in [5, 5.41) is 4.60. The first-order valence-electron chi connectivity index (χ1n) is 14.5. The van der Waals surface area contributed by atoms with Gasteiger partial charge in [0.15, 0.2) is 0 Å². The van der Waals surface area contributed by atoms with Crippen LogP contribution < -0.4 is 9.62 Å². The Balaban J connectivity index is 1.39. The first-order chi connectivity index (χ1) is 20.3. The lowest BCUT2D eigenvalue weighted by atomic mass is 10.0. The van der Waals surface area contributed by atoms with Crippen LogP contribution in [0.25, 0.3) is 10.8 Å². The summed E-state index contributed by atoms with van der Waals surface area (Å²) in [5.74, 6) is -0.370. The van der Waals surface area contributed by atoms with Crippen molar-refractivity contribution in [1.82, 2.24) is 10.2 Å². The lowest BCUT2D eigenvalue weighted by Gasteiger charge is -2.32. The van der Waals surface area contributed by atoms with Gasteiger partial charge in [-0.2, -0.15) is 0 Å². The molecule has 0 saturated heterocycles. The van der Waals surface area contributed by atoms with Crippen LogP contribution in [0.15, 0.2) is 95.9 Å². The Morgan fingerprint density at radius 3 is 2.36 bits per heavy atom. The monoisotopic (exact) mass is 583 g/mol. The van der Waals surface area contributed by atoms with Gasteiger partial charge in [0.25, 0.3) is 10.0 Å². The van der Waals surface area contributed by atoms with E-state index >= 15 is 0 Å². The van der Waals surface area contributed by atoms with E-state index in [2.05, 4.69) is 5.32 Å². The van der Waals surface area contributed by atoms with Gasteiger partial charge in [-0.15, -0.1) is 0 Å². The molecule has 1 heterocycles. The summed E-state index contributed by atoms with van der Waals surface area (Å²) < 4.78 is 28.3. The molecule has 218 valence electrons. The molecule has 0 aromatic heterocycles. The highest BCUT2D eigenvalue weighted by atomic mass is 32.2. The standard InChI is InChI=1S/C34H37N3O4S/c1-3-21-35-34(39)30(23-26-13-5-4-6-14-26)36(24-28-15-8-7-12-25(28)2)32(38)20-11-22-37-29-18-9-16-27-17-10-19-31(33(27)29)42(37,40)41/h4-10,12-19,30H,3,11,20-24H2,1-2H3,(H,35,39). The molecular formula is C34H37N3O4S. The molecule has 0 aliphatic carbocycles. The molecule has 2 amide bonds. The van der Waals surface area contributed by atoms with Crippen molar-refractivity contribution in [2.24, 2.45) is 0 Å². The van der Waals surface area contributed by atoms with Crippen LogP contribution in [0.5, 0.6) is 0 Å². The van der Waals surface area contributed by atoms with E-state index in [-0.39, 0.29) is 31.3 Å². The quantitative estimate of drug-likeness (QED) is 0.235. The van der Waals surface area contributed by atoms with Crippen molar-refractivity contribution < 1.29 is 18.0 Å². The molecule has 5 rings (SSSR count). The molecule has 0 radical (unpaired) electrons. The molecule has 4 aromatic carbocycles. The molecule has 0 spiro atoms. The Bertz CT molecular complexity index is 1680. The van der Waals surface area contributed by atoms with Crippen LogP contribution in [-0.4, -0.2) is 44.3 Å². The highest BCUT2D eigenvalue weighted by Crippen LogP contribution is 2.42. The maximum Gasteiger partial charge on any atom is 0.265 e. The van der Waals surface area contributed by atoms with Crippen molar-refractivity contribution in [1.29, 1.82) is 0 Å². The van der Waals surface area contributed by atoms with Crippen LogP contribution in [0.2, 0.25) is 0 Å². The summed E-state index contributed by atoms with van der Waals surface area (Å²) in [4.78, 5) is 29.5. The molecule has 1 aliphatic rings.